The first-order chi connectivity index (χ1) is 10.7. The molecule has 22 heavy (non-hydrogen) atoms. The lowest BCUT2D eigenvalue weighted by atomic mass is 9.78. The second-order valence-corrected chi connectivity index (χ2v) is 7.16. The Bertz CT molecular complexity index is 674. The first kappa shape index (κ1) is 13.8. The fourth-order valence-corrected chi connectivity index (χ4v) is 4.32. The highest BCUT2D eigenvalue weighted by Crippen LogP contribution is 2.39. The minimum atomic E-state index is 0.201. The molecule has 2 aliphatic rings. The number of nitrogens with one attached hydrogen (secondary N) is 1. The van der Waals surface area contributed by atoms with E-state index in [9.17, 15) is 4.79 Å². The van der Waals surface area contributed by atoms with E-state index in [4.69, 9.17) is 4.98 Å². The van der Waals surface area contributed by atoms with Gasteiger partial charge in [-0.1, -0.05) is 30.3 Å². The summed E-state index contributed by atoms with van der Waals surface area (Å²) in [4.78, 5) is 18.7. The molecule has 114 valence electrons. The molecule has 0 unspecified atom stereocenters. The normalized spacial score (nSPS) is 20.4. The Morgan fingerprint density at radius 2 is 1.95 bits per heavy atom. The summed E-state index contributed by atoms with van der Waals surface area (Å²) in [6, 6.07) is 10.3. The van der Waals surface area contributed by atoms with Gasteiger partial charge >= 0.3 is 0 Å². The van der Waals surface area contributed by atoms with Crippen molar-refractivity contribution in [1.29, 1.82) is 0 Å². The summed E-state index contributed by atoms with van der Waals surface area (Å²) in [5, 5.41) is 6.23. The predicted octanol–water partition coefficient (Wildman–Crippen LogP) is 2.92. The van der Waals surface area contributed by atoms with Gasteiger partial charge in [0, 0.05) is 37.0 Å². The Kier molecular flexibility index (Phi) is 3.37. The topological polar surface area (TPSA) is 45.2 Å². The van der Waals surface area contributed by atoms with Gasteiger partial charge < -0.3 is 10.2 Å². The summed E-state index contributed by atoms with van der Waals surface area (Å²) in [7, 11) is 0. The van der Waals surface area contributed by atoms with E-state index >= 15 is 0 Å². The van der Waals surface area contributed by atoms with Crippen LogP contribution in [0.15, 0.2) is 35.7 Å². The number of carbonyl (C=O) groups excluding carboxylic acids is 1. The molecule has 4 nitrogen and oxygen atoms in total. The van der Waals surface area contributed by atoms with Crippen LogP contribution < -0.4 is 10.2 Å². The van der Waals surface area contributed by atoms with E-state index in [2.05, 4.69) is 27.7 Å². The van der Waals surface area contributed by atoms with Crippen molar-refractivity contribution in [3.63, 3.8) is 0 Å². The first-order valence-corrected chi connectivity index (χ1v) is 8.65. The Balaban J connectivity index is 1.46. The van der Waals surface area contributed by atoms with E-state index in [-0.39, 0.29) is 11.3 Å². The summed E-state index contributed by atoms with van der Waals surface area (Å²) in [6.45, 7) is 2.85. The van der Waals surface area contributed by atoms with Gasteiger partial charge in [0.15, 0.2) is 5.13 Å². The van der Waals surface area contributed by atoms with Gasteiger partial charge in [0.25, 0.3) is 0 Å². The van der Waals surface area contributed by atoms with Crippen molar-refractivity contribution in [3.8, 4) is 11.3 Å². The lowest BCUT2D eigenvalue weighted by Gasteiger charge is -2.38. The summed E-state index contributed by atoms with van der Waals surface area (Å²) >= 11 is 1.71. The van der Waals surface area contributed by atoms with Crippen molar-refractivity contribution in [3.05, 3.63) is 35.7 Å². The molecule has 0 radical (unpaired) electrons. The van der Waals surface area contributed by atoms with Gasteiger partial charge in [-0.3, -0.25) is 4.79 Å². The number of piperidine rings is 1. The van der Waals surface area contributed by atoms with Crippen LogP contribution in [0.2, 0.25) is 0 Å². The van der Waals surface area contributed by atoms with Gasteiger partial charge in [0.05, 0.1) is 5.69 Å². The van der Waals surface area contributed by atoms with Crippen molar-refractivity contribution in [1.82, 2.24) is 10.3 Å². The van der Waals surface area contributed by atoms with Crippen LogP contribution in [0.25, 0.3) is 11.3 Å². The smallest absolute Gasteiger partial charge is 0.220 e. The lowest BCUT2D eigenvalue weighted by Crippen LogP contribution is -2.41. The van der Waals surface area contributed by atoms with Gasteiger partial charge in [-0.25, -0.2) is 4.98 Å². The Labute approximate surface area is 134 Å². The third-order valence-corrected chi connectivity index (χ3v) is 5.75. The predicted molar refractivity (Wildman–Crippen MR) is 89.1 cm³/mol. The van der Waals surface area contributed by atoms with Crippen LogP contribution in [-0.2, 0) is 4.79 Å². The third-order valence-electron chi connectivity index (χ3n) is 4.85. The maximum atomic E-state index is 11.5. The van der Waals surface area contributed by atoms with Gasteiger partial charge in [0.1, 0.15) is 0 Å². The van der Waals surface area contributed by atoms with Crippen molar-refractivity contribution in [2.75, 3.05) is 24.5 Å². The van der Waals surface area contributed by atoms with Crippen LogP contribution >= 0.6 is 11.3 Å². The highest BCUT2D eigenvalue weighted by atomic mass is 32.1. The summed E-state index contributed by atoms with van der Waals surface area (Å²) in [6.07, 6.45) is 2.85. The van der Waals surface area contributed by atoms with Crippen molar-refractivity contribution >= 4 is 22.4 Å². The minimum Gasteiger partial charge on any atom is -0.356 e. The van der Waals surface area contributed by atoms with E-state index in [1.807, 2.05) is 18.2 Å². The number of aromatic nitrogens is 1. The standard InChI is InChI=1S/C17H19N3OS/c21-15-10-17(12-18-15)6-8-20(9-7-17)16-19-14(11-22-16)13-4-2-1-3-5-13/h1-5,11H,6-10,12H2,(H,18,21). The Morgan fingerprint density at radius 3 is 2.64 bits per heavy atom. The SMILES string of the molecule is O=C1CC2(CCN(c3nc(-c4ccccc4)cs3)CC2)CN1. The number of benzene rings is 1. The van der Waals surface area contributed by atoms with Crippen LogP contribution in [0.5, 0.6) is 0 Å². The zero-order valence-electron chi connectivity index (χ0n) is 12.4. The van der Waals surface area contributed by atoms with E-state index in [1.54, 1.807) is 11.3 Å². The molecule has 2 saturated heterocycles. The van der Waals surface area contributed by atoms with Gasteiger partial charge in [-0.15, -0.1) is 11.3 Å². The summed E-state index contributed by atoms with van der Waals surface area (Å²) in [5.41, 5.74) is 2.43. The zero-order chi connectivity index (χ0) is 15.0. The molecule has 0 bridgehead atoms. The monoisotopic (exact) mass is 313 g/mol. The molecule has 1 aromatic heterocycles. The van der Waals surface area contributed by atoms with Gasteiger partial charge in [-0.2, -0.15) is 0 Å². The molecule has 0 aliphatic carbocycles. The highest BCUT2D eigenvalue weighted by Gasteiger charge is 2.41. The zero-order valence-corrected chi connectivity index (χ0v) is 13.2. The van der Waals surface area contributed by atoms with Crippen LogP contribution in [0.1, 0.15) is 19.3 Å². The second-order valence-electron chi connectivity index (χ2n) is 6.32. The fourth-order valence-electron chi connectivity index (χ4n) is 3.43. The number of hydrogen-bond donors (Lipinski definition) is 1. The second kappa shape index (κ2) is 5.39. The molecular weight excluding hydrogens is 294 g/mol. The third kappa shape index (κ3) is 2.50. The molecule has 5 heteroatoms. The van der Waals surface area contributed by atoms with Crippen LogP contribution in [-0.4, -0.2) is 30.5 Å². The average Bonchev–Trinajstić information content (AvgIpc) is 3.17. The number of hydrogen-bond acceptors (Lipinski definition) is 4. The molecule has 4 rings (SSSR count). The Morgan fingerprint density at radius 1 is 1.18 bits per heavy atom. The quantitative estimate of drug-likeness (QED) is 0.927. The van der Waals surface area contributed by atoms with E-state index in [1.165, 1.54) is 5.56 Å². The molecule has 0 saturated carbocycles. The Hall–Kier alpha value is -1.88. The van der Waals surface area contributed by atoms with Crippen LogP contribution in [0.3, 0.4) is 0 Å². The molecule has 0 atom stereocenters. The fraction of sp³-hybridized carbons (Fsp3) is 0.412. The molecule has 1 amide bonds. The van der Waals surface area contributed by atoms with Gasteiger partial charge in [-0.05, 0) is 18.3 Å². The number of amides is 1. The number of thiazole rings is 1. The maximum Gasteiger partial charge on any atom is 0.220 e. The highest BCUT2D eigenvalue weighted by molar-refractivity contribution is 7.14. The number of anilines is 1. The number of nitrogens with zero attached hydrogens (tertiary/aromatic N) is 2. The maximum absolute atomic E-state index is 11.5. The largest absolute Gasteiger partial charge is 0.356 e. The van der Waals surface area contributed by atoms with E-state index in [0.29, 0.717) is 6.42 Å². The van der Waals surface area contributed by atoms with Crippen molar-refractivity contribution < 1.29 is 4.79 Å². The lowest BCUT2D eigenvalue weighted by molar-refractivity contribution is -0.119. The average molecular weight is 313 g/mol. The van der Waals surface area contributed by atoms with Crippen molar-refractivity contribution in [2.45, 2.75) is 19.3 Å². The van der Waals surface area contributed by atoms with Crippen molar-refractivity contribution in [2.24, 2.45) is 5.41 Å². The molecule has 2 fully saturated rings. The molecule has 1 spiro atoms. The molecule has 3 heterocycles. The summed E-state index contributed by atoms with van der Waals surface area (Å²) in [5.74, 6) is 0.217. The molecule has 1 aromatic carbocycles. The number of carbonyl (C=O) groups is 1. The first-order valence-electron chi connectivity index (χ1n) is 7.77. The van der Waals surface area contributed by atoms with Crippen LogP contribution in [0, 0.1) is 5.41 Å². The molecule has 2 aromatic rings. The summed E-state index contributed by atoms with van der Waals surface area (Å²) < 4.78 is 0. The van der Waals surface area contributed by atoms with E-state index < -0.39 is 0 Å². The molecular formula is C17H19N3OS. The number of rotatable bonds is 2. The van der Waals surface area contributed by atoms with Gasteiger partial charge in [0.2, 0.25) is 5.91 Å². The van der Waals surface area contributed by atoms with E-state index in [0.717, 1.165) is 43.3 Å². The molecule has 1 N–H and O–H groups in total. The van der Waals surface area contributed by atoms with Crippen LogP contribution in [0.4, 0.5) is 5.13 Å². The molecule has 2 aliphatic heterocycles. The minimum absolute atomic E-state index is 0.201.